The van der Waals surface area contributed by atoms with Gasteiger partial charge in [-0.2, -0.15) is 5.26 Å². The maximum absolute atomic E-state index is 12.4. The molecule has 3 atom stereocenters. The summed E-state index contributed by atoms with van der Waals surface area (Å²) in [5, 5.41) is 12.7. The predicted octanol–water partition coefficient (Wildman–Crippen LogP) is 6.78. The second-order valence-electron chi connectivity index (χ2n) is 10.1. The van der Waals surface area contributed by atoms with Gasteiger partial charge in [0.2, 0.25) is 0 Å². The Labute approximate surface area is 219 Å². The van der Waals surface area contributed by atoms with Crippen LogP contribution < -0.4 is 15.0 Å². The molecule has 1 N–H and O–H groups in total. The summed E-state index contributed by atoms with van der Waals surface area (Å²) in [7, 11) is 0. The summed E-state index contributed by atoms with van der Waals surface area (Å²) in [5.41, 5.74) is 2.13. The number of rotatable bonds is 7. The molecule has 2 fully saturated rings. The van der Waals surface area contributed by atoms with Crippen molar-refractivity contribution >= 4 is 11.7 Å². The van der Waals surface area contributed by atoms with Crippen LogP contribution in [0.4, 0.5) is 24.9 Å². The van der Waals surface area contributed by atoms with Crippen molar-refractivity contribution in [1.82, 2.24) is 9.97 Å². The minimum Gasteiger partial charge on any atom is -0.424 e. The number of ether oxygens (including phenoxy) is 1. The first kappa shape index (κ1) is 25.9. The second kappa shape index (κ2) is 11.3. The second-order valence-corrected chi connectivity index (χ2v) is 10.1. The first-order valence-electron chi connectivity index (χ1n) is 13.1. The SMILES string of the molecule is N#Cc1cc(N2CCC[C@H](C[C@@H]3CCCC[C@H]3Nc3ncc(-c4ccc(OC(F)(F)F)cc4)o3)C2)ccn1. The molecule has 0 spiro atoms. The molecule has 1 aliphatic heterocycles. The Morgan fingerprint density at radius 2 is 1.89 bits per heavy atom. The van der Waals surface area contributed by atoms with E-state index in [2.05, 4.69) is 31.0 Å². The van der Waals surface area contributed by atoms with Gasteiger partial charge in [-0.15, -0.1) is 13.2 Å². The molecule has 2 aromatic heterocycles. The molecule has 0 radical (unpaired) electrons. The Morgan fingerprint density at radius 1 is 1.08 bits per heavy atom. The minimum absolute atomic E-state index is 0.249. The van der Waals surface area contributed by atoms with Crippen LogP contribution >= 0.6 is 0 Å². The number of benzene rings is 1. The van der Waals surface area contributed by atoms with Crippen LogP contribution in [0.3, 0.4) is 0 Å². The van der Waals surface area contributed by atoms with Crippen LogP contribution in [-0.2, 0) is 0 Å². The highest BCUT2D eigenvalue weighted by Crippen LogP contribution is 2.36. The average molecular weight is 526 g/mol. The molecular formula is C28H30F3N5O2. The van der Waals surface area contributed by atoms with Crippen molar-refractivity contribution in [2.24, 2.45) is 11.8 Å². The van der Waals surface area contributed by atoms with E-state index in [-0.39, 0.29) is 11.8 Å². The number of oxazole rings is 1. The Bertz CT molecular complexity index is 1250. The summed E-state index contributed by atoms with van der Waals surface area (Å²) < 4.78 is 47.1. The highest BCUT2D eigenvalue weighted by Gasteiger charge is 2.32. The van der Waals surface area contributed by atoms with Gasteiger partial charge in [0, 0.05) is 36.6 Å². The number of alkyl halides is 3. The van der Waals surface area contributed by atoms with Gasteiger partial charge in [-0.1, -0.05) is 12.8 Å². The summed E-state index contributed by atoms with van der Waals surface area (Å²) in [6.07, 6.45) is 6.52. The number of halogens is 3. The molecule has 2 aliphatic rings. The van der Waals surface area contributed by atoms with Crippen molar-refractivity contribution in [3.05, 3.63) is 54.5 Å². The van der Waals surface area contributed by atoms with Gasteiger partial charge in [0.25, 0.3) is 6.01 Å². The van der Waals surface area contributed by atoms with Crippen LogP contribution in [-0.4, -0.2) is 35.5 Å². The van der Waals surface area contributed by atoms with Gasteiger partial charge >= 0.3 is 6.36 Å². The van der Waals surface area contributed by atoms with E-state index in [1.165, 1.54) is 37.1 Å². The zero-order chi connectivity index (χ0) is 26.5. The average Bonchev–Trinajstić information content (AvgIpc) is 3.38. The number of pyridine rings is 1. The van der Waals surface area contributed by atoms with E-state index >= 15 is 0 Å². The Balaban J connectivity index is 1.20. The molecule has 3 aromatic rings. The van der Waals surface area contributed by atoms with E-state index in [4.69, 9.17) is 4.42 Å². The summed E-state index contributed by atoms with van der Waals surface area (Å²) >= 11 is 0. The molecule has 200 valence electrons. The van der Waals surface area contributed by atoms with E-state index in [9.17, 15) is 18.4 Å². The number of anilines is 2. The lowest BCUT2D eigenvalue weighted by atomic mass is 9.77. The van der Waals surface area contributed by atoms with Gasteiger partial charge in [-0.05, 0) is 80.3 Å². The first-order chi connectivity index (χ1) is 18.4. The molecule has 0 unspecified atom stereocenters. The van der Waals surface area contributed by atoms with Crippen LogP contribution in [0.1, 0.15) is 50.6 Å². The van der Waals surface area contributed by atoms with E-state index in [1.807, 2.05) is 12.1 Å². The Hall–Kier alpha value is -3.74. The van der Waals surface area contributed by atoms with Crippen LogP contribution in [0, 0.1) is 23.2 Å². The topological polar surface area (TPSA) is 87.2 Å². The predicted molar refractivity (Wildman–Crippen MR) is 136 cm³/mol. The fourth-order valence-corrected chi connectivity index (χ4v) is 5.73. The molecule has 1 aliphatic carbocycles. The number of nitriles is 1. The van der Waals surface area contributed by atoms with Gasteiger partial charge in [-0.25, -0.2) is 9.97 Å². The van der Waals surface area contributed by atoms with Crippen molar-refractivity contribution < 1.29 is 22.3 Å². The molecular weight excluding hydrogens is 495 g/mol. The number of nitrogens with zero attached hydrogens (tertiary/aromatic N) is 4. The van der Waals surface area contributed by atoms with E-state index in [0.29, 0.717) is 34.9 Å². The fourth-order valence-electron chi connectivity index (χ4n) is 5.73. The summed E-state index contributed by atoms with van der Waals surface area (Å²) in [6, 6.07) is 12.2. The molecule has 38 heavy (non-hydrogen) atoms. The third-order valence-corrected chi connectivity index (χ3v) is 7.47. The van der Waals surface area contributed by atoms with Gasteiger partial charge in [-0.3, -0.25) is 0 Å². The van der Waals surface area contributed by atoms with Gasteiger partial charge in [0.15, 0.2) is 5.76 Å². The molecule has 7 nitrogen and oxygen atoms in total. The van der Waals surface area contributed by atoms with E-state index in [1.54, 1.807) is 12.4 Å². The zero-order valence-corrected chi connectivity index (χ0v) is 21.0. The van der Waals surface area contributed by atoms with Crippen molar-refractivity contribution in [2.75, 3.05) is 23.3 Å². The highest BCUT2D eigenvalue weighted by molar-refractivity contribution is 5.58. The lowest BCUT2D eigenvalue weighted by Crippen LogP contribution is -2.39. The Kier molecular flexibility index (Phi) is 7.72. The third-order valence-electron chi connectivity index (χ3n) is 7.47. The molecule has 0 amide bonds. The summed E-state index contributed by atoms with van der Waals surface area (Å²) in [6.45, 7) is 1.95. The molecule has 0 bridgehead atoms. The largest absolute Gasteiger partial charge is 0.573 e. The van der Waals surface area contributed by atoms with Gasteiger partial charge < -0.3 is 19.4 Å². The maximum Gasteiger partial charge on any atom is 0.573 e. The zero-order valence-electron chi connectivity index (χ0n) is 21.0. The van der Waals surface area contributed by atoms with Crippen LogP contribution in [0.2, 0.25) is 0 Å². The third kappa shape index (κ3) is 6.57. The van der Waals surface area contributed by atoms with Crippen LogP contribution in [0.15, 0.2) is 53.2 Å². The smallest absolute Gasteiger partial charge is 0.424 e. The standard InChI is InChI=1S/C28H30F3N5O2/c29-28(30,31)38-24-9-7-20(8-10-24)26-17-34-27(37-26)35-25-6-2-1-5-21(25)14-19-4-3-13-36(18-19)23-11-12-33-22(15-23)16-32/h7-12,15,17,19,21,25H,1-6,13-14,18H2,(H,34,35)/t19-,21+,25-/m1/s1. The number of hydrogen-bond donors (Lipinski definition) is 1. The van der Waals surface area contributed by atoms with Gasteiger partial charge in [0.05, 0.1) is 6.20 Å². The first-order valence-corrected chi connectivity index (χ1v) is 13.1. The highest BCUT2D eigenvalue weighted by atomic mass is 19.4. The summed E-state index contributed by atoms with van der Waals surface area (Å²) in [4.78, 5) is 10.9. The van der Waals surface area contributed by atoms with Gasteiger partial charge in [0.1, 0.15) is 17.5 Å². The number of hydrogen-bond acceptors (Lipinski definition) is 7. The van der Waals surface area contributed by atoms with Crippen molar-refractivity contribution in [2.45, 2.75) is 57.3 Å². The molecule has 1 saturated carbocycles. The molecule has 1 aromatic carbocycles. The monoisotopic (exact) mass is 525 g/mol. The Morgan fingerprint density at radius 3 is 2.68 bits per heavy atom. The number of aromatic nitrogens is 2. The maximum atomic E-state index is 12.4. The fraction of sp³-hybridized carbons (Fsp3) is 0.464. The van der Waals surface area contributed by atoms with E-state index < -0.39 is 6.36 Å². The molecule has 1 saturated heterocycles. The van der Waals surface area contributed by atoms with Crippen molar-refractivity contribution in [3.8, 4) is 23.1 Å². The van der Waals surface area contributed by atoms with E-state index in [0.717, 1.165) is 50.9 Å². The van der Waals surface area contributed by atoms with Crippen LogP contribution in [0.25, 0.3) is 11.3 Å². The lowest BCUT2D eigenvalue weighted by molar-refractivity contribution is -0.274. The number of piperidine rings is 1. The van der Waals surface area contributed by atoms with Crippen LogP contribution in [0.5, 0.6) is 5.75 Å². The van der Waals surface area contributed by atoms with Crippen molar-refractivity contribution in [1.29, 1.82) is 5.26 Å². The quantitative estimate of drug-likeness (QED) is 0.364. The molecule has 5 rings (SSSR count). The lowest BCUT2D eigenvalue weighted by Gasteiger charge is -2.39. The minimum atomic E-state index is -4.72. The molecule has 10 heteroatoms. The molecule has 3 heterocycles. The van der Waals surface area contributed by atoms with Crippen molar-refractivity contribution in [3.63, 3.8) is 0 Å². The summed E-state index contributed by atoms with van der Waals surface area (Å²) in [5.74, 6) is 1.26. The number of nitrogens with one attached hydrogen (secondary N) is 1. The normalized spacial score (nSPS) is 22.1.